The highest BCUT2D eigenvalue weighted by atomic mass is 79.9. The molecule has 0 atom stereocenters. The van der Waals surface area contributed by atoms with Crippen molar-refractivity contribution in [2.45, 2.75) is 20.8 Å². The molecule has 0 unspecified atom stereocenters. The second-order valence-corrected chi connectivity index (χ2v) is 4.14. The smallest absolute Gasteiger partial charge is 0.0181 e. The Kier molecular flexibility index (Phi) is 2.73. The third kappa shape index (κ3) is 1.78. The van der Waals surface area contributed by atoms with Crippen LogP contribution in [0.4, 0.5) is 0 Å². The molecule has 0 aliphatic rings. The summed E-state index contributed by atoms with van der Waals surface area (Å²) in [5, 5.41) is 0. The highest BCUT2D eigenvalue weighted by molar-refractivity contribution is 9.15. The highest BCUT2D eigenvalue weighted by Crippen LogP contribution is 2.26. The number of aryl methyl sites for hydroxylation is 3. The lowest BCUT2D eigenvalue weighted by molar-refractivity contribution is 1.30. The van der Waals surface area contributed by atoms with Gasteiger partial charge in [-0.05, 0) is 37.5 Å². The number of halogens is 1. The SMILES string of the molecule is C=C(Br)c1c(C)cc(C)cc1C. The predicted octanol–water partition coefficient (Wildman–Crippen LogP) is 3.98. The quantitative estimate of drug-likeness (QED) is 0.678. The van der Waals surface area contributed by atoms with Crippen molar-refractivity contribution in [2.75, 3.05) is 0 Å². The van der Waals surface area contributed by atoms with E-state index in [-0.39, 0.29) is 0 Å². The van der Waals surface area contributed by atoms with E-state index >= 15 is 0 Å². The van der Waals surface area contributed by atoms with Crippen LogP contribution in [0.5, 0.6) is 0 Å². The molecule has 1 aromatic rings. The molecule has 0 aromatic heterocycles. The Morgan fingerprint density at radius 3 is 1.92 bits per heavy atom. The Morgan fingerprint density at radius 1 is 1.17 bits per heavy atom. The normalized spacial score (nSPS) is 10.0. The Morgan fingerprint density at radius 2 is 1.58 bits per heavy atom. The topological polar surface area (TPSA) is 0 Å². The fraction of sp³-hybridized carbons (Fsp3) is 0.273. The van der Waals surface area contributed by atoms with Crippen LogP contribution in [-0.4, -0.2) is 0 Å². The Bertz CT molecular complexity index is 301. The molecule has 0 fully saturated rings. The first kappa shape index (κ1) is 9.53. The van der Waals surface area contributed by atoms with Gasteiger partial charge in [0.1, 0.15) is 0 Å². The van der Waals surface area contributed by atoms with Crippen molar-refractivity contribution < 1.29 is 0 Å². The van der Waals surface area contributed by atoms with Crippen LogP contribution in [0.15, 0.2) is 18.7 Å². The summed E-state index contributed by atoms with van der Waals surface area (Å²) in [5.74, 6) is 0. The zero-order valence-electron chi connectivity index (χ0n) is 7.74. The van der Waals surface area contributed by atoms with Gasteiger partial charge in [-0.1, -0.05) is 40.2 Å². The van der Waals surface area contributed by atoms with Crippen molar-refractivity contribution in [2.24, 2.45) is 0 Å². The molecular weight excluding hydrogens is 212 g/mol. The summed E-state index contributed by atoms with van der Waals surface area (Å²) < 4.78 is 0.970. The van der Waals surface area contributed by atoms with Gasteiger partial charge in [0, 0.05) is 4.48 Å². The van der Waals surface area contributed by atoms with Crippen molar-refractivity contribution in [1.82, 2.24) is 0 Å². The molecule has 0 nitrogen and oxygen atoms in total. The minimum Gasteiger partial charge on any atom is -0.0841 e. The summed E-state index contributed by atoms with van der Waals surface area (Å²) in [5.41, 5.74) is 5.12. The summed E-state index contributed by atoms with van der Waals surface area (Å²) in [6, 6.07) is 4.35. The summed E-state index contributed by atoms with van der Waals surface area (Å²) >= 11 is 3.41. The first-order valence-corrected chi connectivity index (χ1v) is 4.74. The van der Waals surface area contributed by atoms with Crippen LogP contribution in [0.25, 0.3) is 4.48 Å². The molecule has 0 amide bonds. The van der Waals surface area contributed by atoms with Crippen LogP contribution < -0.4 is 0 Å². The fourth-order valence-corrected chi connectivity index (χ4v) is 2.23. The van der Waals surface area contributed by atoms with E-state index in [2.05, 4.69) is 55.4 Å². The van der Waals surface area contributed by atoms with Crippen LogP contribution in [0.1, 0.15) is 22.3 Å². The van der Waals surface area contributed by atoms with Gasteiger partial charge in [0.2, 0.25) is 0 Å². The molecule has 0 heterocycles. The molecule has 64 valence electrons. The predicted molar refractivity (Wildman–Crippen MR) is 58.6 cm³/mol. The summed E-state index contributed by atoms with van der Waals surface area (Å²) in [7, 11) is 0. The van der Waals surface area contributed by atoms with Gasteiger partial charge in [-0.3, -0.25) is 0 Å². The summed E-state index contributed by atoms with van der Waals surface area (Å²) in [6.45, 7) is 10.2. The van der Waals surface area contributed by atoms with Gasteiger partial charge < -0.3 is 0 Å². The third-order valence-corrected chi connectivity index (χ3v) is 2.34. The van der Waals surface area contributed by atoms with Gasteiger partial charge in [0.05, 0.1) is 0 Å². The molecule has 0 saturated carbocycles. The first-order valence-electron chi connectivity index (χ1n) is 3.95. The van der Waals surface area contributed by atoms with E-state index in [1.807, 2.05) is 0 Å². The molecular formula is C11H13Br. The molecule has 0 saturated heterocycles. The molecule has 1 aromatic carbocycles. The number of hydrogen-bond donors (Lipinski definition) is 0. The van der Waals surface area contributed by atoms with Crippen LogP contribution in [0, 0.1) is 20.8 Å². The van der Waals surface area contributed by atoms with Crippen LogP contribution in [0.3, 0.4) is 0 Å². The number of rotatable bonds is 1. The maximum atomic E-state index is 3.89. The van der Waals surface area contributed by atoms with Crippen molar-refractivity contribution in [3.05, 3.63) is 41.0 Å². The average molecular weight is 225 g/mol. The Hall–Kier alpha value is -0.560. The zero-order valence-corrected chi connectivity index (χ0v) is 9.33. The van der Waals surface area contributed by atoms with Crippen molar-refractivity contribution in [3.63, 3.8) is 0 Å². The lowest BCUT2D eigenvalue weighted by atomic mass is 10.0. The third-order valence-electron chi connectivity index (χ3n) is 1.95. The van der Waals surface area contributed by atoms with Gasteiger partial charge in [0.25, 0.3) is 0 Å². The van der Waals surface area contributed by atoms with Gasteiger partial charge in [-0.25, -0.2) is 0 Å². The Balaban J connectivity index is 3.38. The molecule has 0 bridgehead atoms. The van der Waals surface area contributed by atoms with E-state index < -0.39 is 0 Å². The summed E-state index contributed by atoms with van der Waals surface area (Å²) in [4.78, 5) is 0. The second-order valence-electron chi connectivity index (χ2n) is 3.18. The van der Waals surface area contributed by atoms with E-state index in [0.29, 0.717) is 0 Å². The molecule has 12 heavy (non-hydrogen) atoms. The van der Waals surface area contributed by atoms with E-state index in [1.54, 1.807) is 0 Å². The highest BCUT2D eigenvalue weighted by Gasteiger charge is 2.04. The minimum atomic E-state index is 0.970. The van der Waals surface area contributed by atoms with Crippen molar-refractivity contribution in [3.8, 4) is 0 Å². The van der Waals surface area contributed by atoms with Gasteiger partial charge in [0.15, 0.2) is 0 Å². The van der Waals surface area contributed by atoms with E-state index in [9.17, 15) is 0 Å². The minimum absolute atomic E-state index is 0.970. The van der Waals surface area contributed by atoms with Gasteiger partial charge >= 0.3 is 0 Å². The van der Waals surface area contributed by atoms with E-state index in [1.165, 1.54) is 22.3 Å². The van der Waals surface area contributed by atoms with Gasteiger partial charge in [-0.15, -0.1) is 0 Å². The standard InChI is InChI=1S/C11H13Br/c1-7-5-8(2)11(10(4)12)9(3)6-7/h5-6H,4H2,1-3H3. The van der Waals surface area contributed by atoms with Crippen LogP contribution in [0.2, 0.25) is 0 Å². The monoisotopic (exact) mass is 224 g/mol. The van der Waals surface area contributed by atoms with Crippen molar-refractivity contribution >= 4 is 20.4 Å². The van der Waals surface area contributed by atoms with E-state index in [4.69, 9.17) is 0 Å². The number of benzene rings is 1. The largest absolute Gasteiger partial charge is 0.0841 e. The van der Waals surface area contributed by atoms with Crippen LogP contribution in [-0.2, 0) is 0 Å². The molecule has 1 rings (SSSR count). The molecule has 0 aliphatic carbocycles. The summed E-state index contributed by atoms with van der Waals surface area (Å²) in [6.07, 6.45) is 0. The van der Waals surface area contributed by atoms with Crippen molar-refractivity contribution in [1.29, 1.82) is 0 Å². The fourth-order valence-electron chi connectivity index (χ4n) is 1.61. The first-order chi connectivity index (χ1) is 5.52. The maximum absolute atomic E-state index is 3.89. The zero-order chi connectivity index (χ0) is 9.30. The molecule has 1 heteroatoms. The lowest BCUT2D eigenvalue weighted by Gasteiger charge is -2.09. The van der Waals surface area contributed by atoms with Gasteiger partial charge in [-0.2, -0.15) is 0 Å². The molecule has 0 spiro atoms. The molecule has 0 aliphatic heterocycles. The van der Waals surface area contributed by atoms with E-state index in [0.717, 1.165) is 4.48 Å². The maximum Gasteiger partial charge on any atom is 0.0181 e. The lowest BCUT2D eigenvalue weighted by Crippen LogP contribution is -1.89. The number of hydrogen-bond acceptors (Lipinski definition) is 0. The van der Waals surface area contributed by atoms with Crippen LogP contribution >= 0.6 is 15.9 Å². The second kappa shape index (κ2) is 3.44. The molecule has 0 radical (unpaired) electrons. The molecule has 0 N–H and O–H groups in total. The Labute approximate surface area is 82.4 Å². The average Bonchev–Trinajstić information content (AvgIpc) is 1.82.